The van der Waals surface area contributed by atoms with Gasteiger partial charge in [0.05, 0.1) is 11.2 Å². The lowest BCUT2D eigenvalue weighted by atomic mass is 10.0. The first-order chi connectivity index (χ1) is 16.6. The summed E-state index contributed by atoms with van der Waals surface area (Å²) in [6.07, 6.45) is 2.85. The van der Waals surface area contributed by atoms with Gasteiger partial charge in [-0.25, -0.2) is 4.98 Å². The molecular weight excluding hydrogens is 424 g/mol. The zero-order valence-electron chi connectivity index (χ0n) is 18.8. The van der Waals surface area contributed by atoms with E-state index >= 15 is 0 Å². The van der Waals surface area contributed by atoms with Crippen molar-refractivity contribution in [1.29, 1.82) is 5.41 Å². The molecule has 0 amide bonds. The van der Waals surface area contributed by atoms with Gasteiger partial charge in [0.1, 0.15) is 12.4 Å². The van der Waals surface area contributed by atoms with Gasteiger partial charge in [-0.15, -0.1) is 5.11 Å². The average Bonchev–Trinajstić information content (AvgIpc) is 3.17. The summed E-state index contributed by atoms with van der Waals surface area (Å²) in [5.74, 6) is 5.93. The average molecular weight is 449 g/mol. The molecule has 3 aromatic carbocycles. The Bertz CT molecular complexity index is 1540. The van der Waals surface area contributed by atoms with E-state index in [1.165, 1.54) is 5.56 Å². The van der Waals surface area contributed by atoms with Crippen LogP contribution in [-0.4, -0.2) is 15.4 Å². The summed E-state index contributed by atoms with van der Waals surface area (Å²) in [7, 11) is 2.04. The number of ether oxygens (including phenoxy) is 1. The van der Waals surface area contributed by atoms with Crippen molar-refractivity contribution in [2.45, 2.75) is 13.0 Å². The minimum atomic E-state index is 0.0419. The molecule has 0 bridgehead atoms. The van der Waals surface area contributed by atoms with Gasteiger partial charge in [-0.1, -0.05) is 47.7 Å². The number of rotatable bonds is 6. The van der Waals surface area contributed by atoms with Gasteiger partial charge in [0, 0.05) is 35.1 Å². The van der Waals surface area contributed by atoms with Crippen molar-refractivity contribution in [3.8, 4) is 5.75 Å². The number of fused-ring (bicyclic) bond motifs is 2. The highest BCUT2D eigenvalue weighted by molar-refractivity contribution is 5.96. The first-order valence-electron chi connectivity index (χ1n) is 10.9. The van der Waals surface area contributed by atoms with Crippen LogP contribution in [0.1, 0.15) is 22.4 Å². The Hall–Kier alpha value is -4.52. The molecule has 0 aliphatic heterocycles. The number of nitrogens with zero attached hydrogens (tertiary/aromatic N) is 4. The largest absolute Gasteiger partial charge is 0.487 e. The Kier molecular flexibility index (Phi) is 5.74. The van der Waals surface area contributed by atoms with Crippen LogP contribution < -0.4 is 10.6 Å². The van der Waals surface area contributed by atoms with Crippen LogP contribution in [0.5, 0.6) is 5.75 Å². The number of amidine groups is 1. The number of para-hydroxylation sites is 1. The molecule has 0 spiro atoms. The van der Waals surface area contributed by atoms with Crippen LogP contribution in [0, 0.1) is 5.41 Å². The van der Waals surface area contributed by atoms with Gasteiger partial charge in [-0.2, -0.15) is 0 Å². The first kappa shape index (κ1) is 21.3. The standard InChI is InChI=1S/C27H24N6O/c1-33-16-21(14-18-5-4-7-20(13-18)27(28)31-32-29)24-15-23(11-12-26(24)33)34-17-22-10-9-19-6-2-3-8-25(19)30-22/h2-13,15-16H,14,17H2,1H3,(H3,28,29,31). The maximum absolute atomic E-state index is 7.96. The minimum Gasteiger partial charge on any atom is -0.487 e. The fourth-order valence-corrected chi connectivity index (χ4v) is 4.19. The van der Waals surface area contributed by atoms with Gasteiger partial charge in [-0.05, 0) is 53.9 Å². The van der Waals surface area contributed by atoms with E-state index in [0.717, 1.165) is 38.8 Å². The summed E-state index contributed by atoms with van der Waals surface area (Å²) in [6, 6.07) is 26.0. The Balaban J connectivity index is 1.39. The van der Waals surface area contributed by atoms with Crippen LogP contribution in [0.2, 0.25) is 0 Å². The molecule has 168 valence electrons. The highest BCUT2D eigenvalue weighted by Crippen LogP contribution is 2.28. The number of nitrogens with one attached hydrogen (secondary N) is 1. The number of benzene rings is 3. The van der Waals surface area contributed by atoms with E-state index in [1.807, 2.05) is 61.6 Å². The molecule has 5 rings (SSSR count). The van der Waals surface area contributed by atoms with E-state index in [9.17, 15) is 0 Å². The van der Waals surface area contributed by atoms with Crippen LogP contribution in [-0.2, 0) is 20.1 Å². The second kappa shape index (κ2) is 9.15. The van der Waals surface area contributed by atoms with E-state index in [-0.39, 0.29) is 5.84 Å². The molecule has 0 saturated carbocycles. The van der Waals surface area contributed by atoms with Crippen molar-refractivity contribution in [1.82, 2.24) is 9.55 Å². The molecule has 0 saturated heterocycles. The van der Waals surface area contributed by atoms with Crippen LogP contribution in [0.3, 0.4) is 0 Å². The molecule has 34 heavy (non-hydrogen) atoms. The molecule has 7 nitrogen and oxygen atoms in total. The van der Waals surface area contributed by atoms with Crippen molar-refractivity contribution >= 4 is 27.6 Å². The number of aromatic nitrogens is 2. The SMILES string of the molecule is Cn1cc(Cc2cccc(C(=N)N=NN)c2)c2cc(OCc3ccc4ccccc4n3)ccc21. The molecule has 2 heterocycles. The summed E-state index contributed by atoms with van der Waals surface area (Å²) >= 11 is 0. The molecule has 0 unspecified atom stereocenters. The summed E-state index contributed by atoms with van der Waals surface area (Å²) in [4.78, 5) is 4.70. The predicted molar refractivity (Wildman–Crippen MR) is 134 cm³/mol. The maximum atomic E-state index is 7.96. The van der Waals surface area contributed by atoms with Crippen LogP contribution in [0.25, 0.3) is 21.8 Å². The van der Waals surface area contributed by atoms with Crippen molar-refractivity contribution in [2.75, 3.05) is 0 Å². The first-order valence-corrected chi connectivity index (χ1v) is 10.9. The third-order valence-electron chi connectivity index (χ3n) is 5.84. The Morgan fingerprint density at radius 3 is 2.79 bits per heavy atom. The third kappa shape index (κ3) is 4.36. The lowest BCUT2D eigenvalue weighted by molar-refractivity contribution is 0.302. The highest BCUT2D eigenvalue weighted by Gasteiger charge is 2.11. The monoisotopic (exact) mass is 448 g/mol. The normalized spacial score (nSPS) is 11.4. The Labute approximate surface area is 197 Å². The number of hydrogen-bond acceptors (Lipinski definition) is 4. The van der Waals surface area contributed by atoms with Gasteiger partial charge in [0.25, 0.3) is 0 Å². The number of nitrogens with two attached hydrogens (primary N) is 1. The van der Waals surface area contributed by atoms with Crippen LogP contribution in [0.4, 0.5) is 0 Å². The molecule has 0 aliphatic carbocycles. The maximum Gasteiger partial charge on any atom is 0.176 e. The van der Waals surface area contributed by atoms with Crippen LogP contribution in [0.15, 0.2) is 95.4 Å². The lowest BCUT2D eigenvalue weighted by Gasteiger charge is -2.08. The van der Waals surface area contributed by atoms with Crippen molar-refractivity contribution in [3.63, 3.8) is 0 Å². The fraction of sp³-hybridized carbons (Fsp3) is 0.111. The van der Waals surface area contributed by atoms with Gasteiger partial charge in [-0.3, -0.25) is 5.41 Å². The second-order valence-corrected chi connectivity index (χ2v) is 8.17. The van der Waals surface area contributed by atoms with Crippen molar-refractivity contribution < 1.29 is 4.74 Å². The second-order valence-electron chi connectivity index (χ2n) is 8.17. The zero-order chi connectivity index (χ0) is 23.5. The molecule has 0 radical (unpaired) electrons. The van der Waals surface area contributed by atoms with Gasteiger partial charge in [0.2, 0.25) is 0 Å². The molecule has 0 aliphatic rings. The van der Waals surface area contributed by atoms with E-state index in [0.29, 0.717) is 18.6 Å². The van der Waals surface area contributed by atoms with Gasteiger partial charge >= 0.3 is 0 Å². The van der Waals surface area contributed by atoms with Crippen LogP contribution >= 0.6 is 0 Å². The third-order valence-corrected chi connectivity index (χ3v) is 5.84. The van der Waals surface area contributed by atoms with E-state index in [4.69, 9.17) is 21.0 Å². The van der Waals surface area contributed by atoms with Crippen molar-refractivity contribution in [3.05, 3.63) is 107 Å². The molecule has 0 fully saturated rings. The molecular formula is C27H24N6O. The number of hydrogen-bond donors (Lipinski definition) is 2. The topological polar surface area (TPSA) is 102 Å². The summed E-state index contributed by atoms with van der Waals surface area (Å²) in [6.45, 7) is 0.401. The summed E-state index contributed by atoms with van der Waals surface area (Å²) in [5, 5.41) is 17.1. The van der Waals surface area contributed by atoms with Crippen molar-refractivity contribution in [2.24, 2.45) is 23.2 Å². The Morgan fingerprint density at radius 1 is 1.03 bits per heavy atom. The highest BCUT2D eigenvalue weighted by atomic mass is 16.5. The fourth-order valence-electron chi connectivity index (χ4n) is 4.19. The van der Waals surface area contributed by atoms with E-state index in [1.54, 1.807) is 0 Å². The zero-order valence-corrected chi connectivity index (χ0v) is 18.8. The molecule has 7 heteroatoms. The molecule has 2 aromatic heterocycles. The molecule has 5 aromatic rings. The van der Waals surface area contributed by atoms with Gasteiger partial charge in [0.15, 0.2) is 5.84 Å². The molecule has 3 N–H and O–H groups in total. The van der Waals surface area contributed by atoms with Gasteiger partial charge < -0.3 is 15.1 Å². The smallest absolute Gasteiger partial charge is 0.176 e. The number of aryl methyl sites for hydroxylation is 1. The minimum absolute atomic E-state index is 0.0419. The van der Waals surface area contributed by atoms with E-state index < -0.39 is 0 Å². The quantitative estimate of drug-likeness (QED) is 0.117. The number of pyridine rings is 1. The summed E-state index contributed by atoms with van der Waals surface area (Å²) < 4.78 is 8.23. The predicted octanol–water partition coefficient (Wildman–Crippen LogP) is 5.55. The molecule has 0 atom stereocenters. The van der Waals surface area contributed by atoms with E-state index in [2.05, 4.69) is 45.4 Å². The Morgan fingerprint density at radius 2 is 1.91 bits per heavy atom. The summed E-state index contributed by atoms with van der Waals surface area (Å²) in [5.41, 5.74) is 5.92. The lowest BCUT2D eigenvalue weighted by Crippen LogP contribution is -1.98.